The van der Waals surface area contributed by atoms with Gasteiger partial charge in [0.25, 0.3) is 0 Å². The van der Waals surface area contributed by atoms with E-state index in [1.54, 1.807) is 6.08 Å². The van der Waals surface area contributed by atoms with Crippen LogP contribution in [0.3, 0.4) is 0 Å². The van der Waals surface area contributed by atoms with Crippen molar-refractivity contribution in [1.82, 2.24) is 9.88 Å². The third-order valence-corrected chi connectivity index (χ3v) is 6.79. The number of ether oxygens (including phenoxy) is 2. The fraction of sp³-hybridized carbons (Fsp3) is 0.538. The number of benzene rings is 1. The van der Waals surface area contributed by atoms with Gasteiger partial charge >= 0.3 is 0 Å². The number of aliphatic hydroxyl groups is 4. The minimum atomic E-state index is -1.50. The Hall–Kier alpha value is -2.34. The number of carbonyl (C=O) groups excluding carboxylic acids is 1. The summed E-state index contributed by atoms with van der Waals surface area (Å²) in [6.45, 7) is 1.95. The Morgan fingerprint density at radius 1 is 1.25 bits per heavy atom. The van der Waals surface area contributed by atoms with E-state index in [1.807, 2.05) is 36.6 Å². The van der Waals surface area contributed by atoms with Crippen LogP contribution in [0.1, 0.15) is 35.5 Å². The van der Waals surface area contributed by atoms with Gasteiger partial charge in [-0.05, 0) is 50.3 Å². The summed E-state index contributed by atoms with van der Waals surface area (Å²) in [5, 5.41) is 43.9. The average molecular weight is 521 g/mol. The lowest BCUT2D eigenvalue weighted by Crippen LogP contribution is -2.51. The van der Waals surface area contributed by atoms with E-state index < -0.39 is 31.0 Å². The molecule has 0 bridgehead atoms. The van der Waals surface area contributed by atoms with Crippen LogP contribution in [0.5, 0.6) is 5.75 Å². The first kappa shape index (κ1) is 28.2. The van der Waals surface area contributed by atoms with Crippen LogP contribution in [0.15, 0.2) is 35.7 Å². The first-order valence-corrected chi connectivity index (χ1v) is 13.1. The van der Waals surface area contributed by atoms with E-state index in [9.17, 15) is 25.2 Å². The summed E-state index contributed by atoms with van der Waals surface area (Å²) in [7, 11) is 0. The topological polar surface area (TPSA) is 133 Å². The van der Waals surface area contributed by atoms with Gasteiger partial charge in [0, 0.05) is 31.2 Å². The molecular weight excluding hydrogens is 484 g/mol. The maximum atomic E-state index is 13.0. The monoisotopic (exact) mass is 520 g/mol. The predicted octanol–water partition coefficient (Wildman–Crippen LogP) is 1.56. The second kappa shape index (κ2) is 14.4. The first-order valence-electron chi connectivity index (χ1n) is 12.3. The molecule has 0 aliphatic carbocycles. The second-order valence-corrected chi connectivity index (χ2v) is 9.88. The molecule has 3 rings (SSSR count). The Bertz CT molecular complexity index is 983. The molecule has 4 atom stereocenters. The number of aliphatic hydroxyl groups excluding tert-OH is 4. The molecule has 10 heteroatoms. The minimum absolute atomic E-state index is 0.185. The van der Waals surface area contributed by atoms with Crippen molar-refractivity contribution in [3.63, 3.8) is 0 Å². The van der Waals surface area contributed by atoms with Crippen LogP contribution in [-0.4, -0.2) is 93.5 Å². The molecule has 198 valence electrons. The number of para-hydroxylation sites is 1. The maximum Gasteiger partial charge on any atom is 0.246 e. The molecule has 4 N–H and O–H groups in total. The second-order valence-electron chi connectivity index (χ2n) is 8.82. The van der Waals surface area contributed by atoms with Crippen molar-refractivity contribution < 1.29 is 34.7 Å². The maximum absolute atomic E-state index is 13.0. The number of thiazole rings is 1. The van der Waals surface area contributed by atoms with Gasteiger partial charge in [0.2, 0.25) is 5.91 Å². The van der Waals surface area contributed by atoms with Crippen molar-refractivity contribution in [1.29, 1.82) is 0 Å². The smallest absolute Gasteiger partial charge is 0.246 e. The van der Waals surface area contributed by atoms with Gasteiger partial charge < -0.3 is 34.8 Å². The number of aryl methyl sites for hydroxylation is 2. The fourth-order valence-electron chi connectivity index (χ4n) is 4.03. The van der Waals surface area contributed by atoms with Gasteiger partial charge in [-0.25, -0.2) is 4.98 Å². The lowest BCUT2D eigenvalue weighted by molar-refractivity contribution is -0.150. The van der Waals surface area contributed by atoms with Crippen LogP contribution in [0, 0.1) is 6.92 Å². The van der Waals surface area contributed by atoms with Crippen molar-refractivity contribution in [2.45, 2.75) is 57.0 Å². The molecule has 0 saturated carbocycles. The number of fused-ring (bicyclic) bond motifs is 1. The number of hydrogen-bond acceptors (Lipinski definition) is 9. The Morgan fingerprint density at radius 2 is 2.06 bits per heavy atom. The summed E-state index contributed by atoms with van der Waals surface area (Å²) in [4.78, 5) is 18.7. The Kier molecular flexibility index (Phi) is 11.3. The summed E-state index contributed by atoms with van der Waals surface area (Å²) in [5.74, 6) is 0.444. The van der Waals surface area contributed by atoms with Crippen molar-refractivity contribution in [3.8, 4) is 5.75 Å². The van der Waals surface area contributed by atoms with Gasteiger partial charge in [0.15, 0.2) is 0 Å². The molecule has 0 spiro atoms. The van der Waals surface area contributed by atoms with E-state index in [1.165, 1.54) is 22.3 Å². The van der Waals surface area contributed by atoms with Crippen molar-refractivity contribution in [2.24, 2.45) is 0 Å². The Morgan fingerprint density at radius 3 is 2.81 bits per heavy atom. The highest BCUT2D eigenvalue weighted by molar-refractivity contribution is 7.09. The molecule has 36 heavy (non-hydrogen) atoms. The summed E-state index contributed by atoms with van der Waals surface area (Å²) in [6, 6.07) is 7.81. The molecule has 1 aromatic carbocycles. The van der Waals surface area contributed by atoms with Crippen LogP contribution < -0.4 is 4.74 Å². The van der Waals surface area contributed by atoms with Gasteiger partial charge in [-0.15, -0.1) is 11.3 Å². The summed E-state index contributed by atoms with van der Waals surface area (Å²) < 4.78 is 11.7. The molecule has 9 nitrogen and oxygen atoms in total. The van der Waals surface area contributed by atoms with Gasteiger partial charge in [0.1, 0.15) is 30.2 Å². The summed E-state index contributed by atoms with van der Waals surface area (Å²) >= 11 is 1.48. The normalized spacial score (nSPS) is 23.7. The van der Waals surface area contributed by atoms with E-state index in [-0.39, 0.29) is 25.6 Å². The van der Waals surface area contributed by atoms with Gasteiger partial charge in [-0.2, -0.15) is 0 Å². The SMILES string of the molecule is Cc1nc(/C=C/C(=O)N2CCCOc3ccccc3CCCCO[C@H]([C@H](O)CO)[C@H](O)[C@H](O)C2)cs1. The zero-order chi connectivity index (χ0) is 25.9. The fourth-order valence-corrected chi connectivity index (χ4v) is 4.61. The van der Waals surface area contributed by atoms with Crippen molar-refractivity contribution in [3.05, 3.63) is 52.0 Å². The number of rotatable bonds is 4. The highest BCUT2D eigenvalue weighted by Gasteiger charge is 2.34. The number of aromatic nitrogens is 1. The summed E-state index contributed by atoms with van der Waals surface area (Å²) in [5.41, 5.74) is 1.74. The predicted molar refractivity (Wildman–Crippen MR) is 137 cm³/mol. The molecule has 1 aliphatic rings. The molecule has 1 amide bonds. The lowest BCUT2D eigenvalue weighted by atomic mass is 10.0. The molecule has 2 heterocycles. The Labute approximate surface area is 215 Å². The van der Waals surface area contributed by atoms with Crippen LogP contribution >= 0.6 is 11.3 Å². The van der Waals surface area contributed by atoms with Crippen LogP contribution in [-0.2, 0) is 16.0 Å². The number of carbonyl (C=O) groups is 1. The first-order chi connectivity index (χ1) is 17.4. The van der Waals surface area contributed by atoms with E-state index >= 15 is 0 Å². The molecular formula is C26H36N2O7S. The Balaban J connectivity index is 1.78. The minimum Gasteiger partial charge on any atom is -0.493 e. The van der Waals surface area contributed by atoms with Gasteiger partial charge in [-0.1, -0.05) is 18.2 Å². The summed E-state index contributed by atoms with van der Waals surface area (Å²) in [6.07, 6.45) is 0.252. The third kappa shape index (κ3) is 8.36. The standard InChI is InChI=1S/C26H36N2O7S/c1-18-27-20(17-36-18)10-11-24(32)28-12-6-14-34-23-9-3-2-7-19(23)8-4-5-13-35-26(22(31)16-29)25(33)21(30)15-28/h2-3,7,9-11,17,21-22,25-26,29-31,33H,4-6,8,12-16H2,1H3/b11-10+/t21-,22-,25-,26-/m1/s1. The van der Waals surface area contributed by atoms with Crippen LogP contribution in [0.2, 0.25) is 0 Å². The lowest BCUT2D eigenvalue weighted by Gasteiger charge is -2.32. The number of hydrogen-bond donors (Lipinski definition) is 4. The van der Waals surface area contributed by atoms with E-state index in [4.69, 9.17) is 9.47 Å². The number of amides is 1. The van der Waals surface area contributed by atoms with Crippen LogP contribution in [0.4, 0.5) is 0 Å². The molecule has 0 saturated heterocycles. The van der Waals surface area contributed by atoms with E-state index in [0.717, 1.165) is 29.2 Å². The third-order valence-electron chi connectivity index (χ3n) is 6.00. The average Bonchev–Trinajstić information content (AvgIpc) is 3.30. The molecule has 0 fully saturated rings. The molecule has 0 radical (unpaired) electrons. The quantitative estimate of drug-likeness (QED) is 0.447. The number of nitrogens with zero attached hydrogens (tertiary/aromatic N) is 2. The van der Waals surface area contributed by atoms with E-state index in [0.29, 0.717) is 25.1 Å². The zero-order valence-electron chi connectivity index (χ0n) is 20.5. The van der Waals surface area contributed by atoms with Gasteiger partial charge in [0.05, 0.1) is 23.9 Å². The molecule has 0 unspecified atom stereocenters. The number of β-amino-alcohol motifs (C(OH)–C–C–N with tert-alkyl or cyclic N) is 1. The largest absolute Gasteiger partial charge is 0.493 e. The van der Waals surface area contributed by atoms with Gasteiger partial charge in [-0.3, -0.25) is 4.79 Å². The molecule has 1 aromatic heterocycles. The molecule has 2 aromatic rings. The molecule has 1 aliphatic heterocycles. The van der Waals surface area contributed by atoms with Crippen molar-refractivity contribution in [2.75, 3.05) is 32.9 Å². The zero-order valence-corrected chi connectivity index (χ0v) is 21.3. The van der Waals surface area contributed by atoms with Crippen LogP contribution in [0.25, 0.3) is 6.08 Å². The highest BCUT2D eigenvalue weighted by Crippen LogP contribution is 2.21. The van der Waals surface area contributed by atoms with Crippen molar-refractivity contribution >= 4 is 23.3 Å². The highest BCUT2D eigenvalue weighted by atomic mass is 32.1. The van der Waals surface area contributed by atoms with E-state index in [2.05, 4.69) is 4.98 Å².